The monoisotopic (exact) mass is 525 g/mol. The van der Waals surface area contributed by atoms with E-state index >= 15 is 0 Å². The molecule has 4 aromatic rings. The molecule has 1 amide bonds. The second-order valence-electron chi connectivity index (χ2n) is 7.72. The fraction of sp³-hybridized carbons (Fsp3) is 0.0769. The molecule has 0 radical (unpaired) electrons. The fourth-order valence-electron chi connectivity index (χ4n) is 3.31. The van der Waals surface area contributed by atoms with Gasteiger partial charge in [0.2, 0.25) is 10.0 Å². The van der Waals surface area contributed by atoms with Crippen LogP contribution in [0.3, 0.4) is 0 Å². The smallest absolute Gasteiger partial charge is 0.271 e. The van der Waals surface area contributed by atoms with Crippen molar-refractivity contribution in [2.24, 2.45) is 5.10 Å². The number of hydrogen-bond acceptors (Lipinski definition) is 5. The summed E-state index contributed by atoms with van der Waals surface area (Å²) in [6.45, 7) is 0.0965. The predicted molar refractivity (Wildman–Crippen MR) is 134 cm³/mol. The van der Waals surface area contributed by atoms with E-state index in [4.69, 9.17) is 16.0 Å². The third-order valence-corrected chi connectivity index (χ3v) is 7.19. The van der Waals surface area contributed by atoms with Gasteiger partial charge in [0.05, 0.1) is 17.7 Å². The molecule has 0 aliphatic heterocycles. The summed E-state index contributed by atoms with van der Waals surface area (Å²) >= 11 is 5.93. The molecule has 0 spiro atoms. The number of nitrogens with zero attached hydrogens (tertiary/aromatic N) is 2. The van der Waals surface area contributed by atoms with Gasteiger partial charge in [-0.1, -0.05) is 41.9 Å². The van der Waals surface area contributed by atoms with Gasteiger partial charge in [0.25, 0.3) is 5.91 Å². The standard InChI is InChI=1S/C26H21ClFN3O4S/c27-21-8-14-25(15-9-21)36(33,34)31(17-19-4-2-1-3-5-19)18-24-13-12-23(35-24)16-29-30-26(32)20-6-10-22(28)11-7-20/h1-16H,17-18H2,(H,30,32)/b29-16-. The zero-order chi connectivity index (χ0) is 25.5. The number of carbonyl (C=O) groups is 1. The Balaban J connectivity index is 1.49. The Kier molecular flexibility index (Phi) is 7.94. The minimum Gasteiger partial charge on any atom is -0.459 e. The molecule has 0 saturated carbocycles. The van der Waals surface area contributed by atoms with Crippen LogP contribution in [0.4, 0.5) is 4.39 Å². The summed E-state index contributed by atoms with van der Waals surface area (Å²) in [5, 5.41) is 4.28. The highest BCUT2D eigenvalue weighted by Gasteiger charge is 2.26. The van der Waals surface area contributed by atoms with Crippen LogP contribution >= 0.6 is 11.6 Å². The average molecular weight is 526 g/mol. The number of rotatable bonds is 9. The van der Waals surface area contributed by atoms with E-state index in [1.165, 1.54) is 59.1 Å². The summed E-state index contributed by atoms with van der Waals surface area (Å²) in [5.41, 5.74) is 3.39. The first kappa shape index (κ1) is 25.3. The van der Waals surface area contributed by atoms with Crippen molar-refractivity contribution in [1.29, 1.82) is 0 Å². The van der Waals surface area contributed by atoms with Crippen LogP contribution in [0, 0.1) is 5.82 Å². The molecule has 0 fully saturated rings. The Hall–Kier alpha value is -3.79. The Labute approximate surface area is 212 Å². The quantitative estimate of drug-likeness (QED) is 0.239. The largest absolute Gasteiger partial charge is 0.459 e. The topological polar surface area (TPSA) is 92.0 Å². The van der Waals surface area contributed by atoms with Crippen LogP contribution < -0.4 is 5.43 Å². The molecule has 0 saturated heterocycles. The SMILES string of the molecule is O=C(N/N=C\c1ccc(CN(Cc2ccccc2)S(=O)(=O)c2ccc(Cl)cc2)o1)c1ccc(F)cc1. The molecule has 184 valence electrons. The van der Waals surface area contributed by atoms with Crippen LogP contribution in [-0.2, 0) is 23.1 Å². The van der Waals surface area contributed by atoms with Crippen LogP contribution in [0.2, 0.25) is 5.02 Å². The lowest BCUT2D eigenvalue weighted by Gasteiger charge is -2.21. The van der Waals surface area contributed by atoms with Crippen molar-refractivity contribution in [3.63, 3.8) is 0 Å². The summed E-state index contributed by atoms with van der Waals surface area (Å²) in [7, 11) is -3.87. The van der Waals surface area contributed by atoms with E-state index in [0.29, 0.717) is 16.5 Å². The van der Waals surface area contributed by atoms with Gasteiger partial charge in [-0.25, -0.2) is 18.2 Å². The molecular formula is C26H21ClFN3O4S. The summed E-state index contributed by atoms with van der Waals surface area (Å²) in [5.74, 6) is -0.263. The van der Waals surface area contributed by atoms with Gasteiger partial charge in [-0.3, -0.25) is 4.79 Å². The molecule has 10 heteroatoms. The first-order chi connectivity index (χ1) is 17.3. The van der Waals surface area contributed by atoms with Gasteiger partial charge < -0.3 is 4.42 Å². The third kappa shape index (κ3) is 6.45. The molecule has 1 heterocycles. The van der Waals surface area contributed by atoms with E-state index in [1.54, 1.807) is 12.1 Å². The number of hydrogen-bond donors (Lipinski definition) is 1. The van der Waals surface area contributed by atoms with E-state index in [2.05, 4.69) is 10.5 Å². The Morgan fingerprint density at radius 2 is 1.64 bits per heavy atom. The lowest BCUT2D eigenvalue weighted by molar-refractivity contribution is 0.0955. The number of sulfonamides is 1. The van der Waals surface area contributed by atoms with E-state index in [1.807, 2.05) is 30.3 Å². The summed E-state index contributed by atoms with van der Waals surface area (Å²) in [6.07, 6.45) is 1.29. The average Bonchev–Trinajstić information content (AvgIpc) is 3.32. The molecule has 0 aliphatic carbocycles. The van der Waals surface area contributed by atoms with Gasteiger partial charge in [0.1, 0.15) is 17.3 Å². The summed E-state index contributed by atoms with van der Waals surface area (Å²) in [4.78, 5) is 12.2. The summed E-state index contributed by atoms with van der Waals surface area (Å²) in [6, 6.07) is 23.5. The Bertz CT molecular complexity index is 1460. The van der Waals surface area contributed by atoms with E-state index in [0.717, 1.165) is 5.56 Å². The van der Waals surface area contributed by atoms with Crippen molar-refractivity contribution in [1.82, 2.24) is 9.73 Å². The molecule has 7 nitrogen and oxygen atoms in total. The van der Waals surface area contributed by atoms with Gasteiger partial charge in [0.15, 0.2) is 0 Å². The maximum absolute atomic E-state index is 13.4. The highest BCUT2D eigenvalue weighted by Crippen LogP contribution is 2.23. The number of hydrazone groups is 1. The van der Waals surface area contributed by atoms with Gasteiger partial charge in [-0.2, -0.15) is 9.41 Å². The van der Waals surface area contributed by atoms with Crippen LogP contribution in [0.1, 0.15) is 27.4 Å². The summed E-state index contributed by atoms with van der Waals surface area (Å²) < 4.78 is 46.9. The molecule has 0 aliphatic rings. The van der Waals surface area contributed by atoms with Crippen molar-refractivity contribution in [2.45, 2.75) is 18.0 Å². The van der Waals surface area contributed by atoms with E-state index in [-0.39, 0.29) is 23.5 Å². The normalized spacial score (nSPS) is 11.8. The van der Waals surface area contributed by atoms with Crippen molar-refractivity contribution >= 4 is 33.7 Å². The highest BCUT2D eigenvalue weighted by molar-refractivity contribution is 7.89. The lowest BCUT2D eigenvalue weighted by atomic mass is 10.2. The molecule has 1 aromatic heterocycles. The van der Waals surface area contributed by atoms with Gasteiger partial charge in [0, 0.05) is 17.1 Å². The number of carbonyl (C=O) groups excluding carboxylic acids is 1. The number of halogens is 2. The van der Waals surface area contributed by atoms with Crippen LogP contribution in [0.15, 0.2) is 105 Å². The highest BCUT2D eigenvalue weighted by atomic mass is 35.5. The van der Waals surface area contributed by atoms with Crippen molar-refractivity contribution in [3.05, 3.63) is 124 Å². The van der Waals surface area contributed by atoms with Gasteiger partial charge >= 0.3 is 0 Å². The Morgan fingerprint density at radius 3 is 2.33 bits per heavy atom. The van der Waals surface area contributed by atoms with Crippen LogP contribution in [0.5, 0.6) is 0 Å². The fourth-order valence-corrected chi connectivity index (χ4v) is 4.83. The molecule has 3 aromatic carbocycles. The maximum Gasteiger partial charge on any atom is 0.271 e. The molecule has 4 rings (SSSR count). The van der Waals surface area contributed by atoms with Crippen LogP contribution in [0.25, 0.3) is 0 Å². The van der Waals surface area contributed by atoms with Crippen molar-refractivity contribution in [2.75, 3.05) is 0 Å². The molecular weight excluding hydrogens is 505 g/mol. The second kappa shape index (κ2) is 11.3. The third-order valence-electron chi connectivity index (χ3n) is 5.13. The second-order valence-corrected chi connectivity index (χ2v) is 10.1. The molecule has 1 N–H and O–H groups in total. The molecule has 0 unspecified atom stereocenters. The predicted octanol–water partition coefficient (Wildman–Crippen LogP) is 5.23. The van der Waals surface area contributed by atoms with Crippen molar-refractivity contribution in [3.8, 4) is 0 Å². The Morgan fingerprint density at radius 1 is 0.944 bits per heavy atom. The van der Waals surface area contributed by atoms with Crippen molar-refractivity contribution < 1.29 is 22.0 Å². The van der Waals surface area contributed by atoms with E-state index in [9.17, 15) is 17.6 Å². The first-order valence-corrected chi connectivity index (χ1v) is 12.6. The van der Waals surface area contributed by atoms with Crippen LogP contribution in [-0.4, -0.2) is 24.8 Å². The molecule has 36 heavy (non-hydrogen) atoms. The first-order valence-electron chi connectivity index (χ1n) is 10.8. The number of benzene rings is 3. The number of nitrogens with one attached hydrogen (secondary N) is 1. The minimum absolute atomic E-state index is 0.0321. The van der Waals surface area contributed by atoms with E-state index < -0.39 is 21.7 Å². The molecule has 0 atom stereocenters. The zero-order valence-corrected chi connectivity index (χ0v) is 20.4. The maximum atomic E-state index is 13.4. The molecule has 0 bridgehead atoms. The number of amides is 1. The lowest BCUT2D eigenvalue weighted by Crippen LogP contribution is -2.30. The number of furan rings is 1. The van der Waals surface area contributed by atoms with Gasteiger partial charge in [-0.05, 0) is 66.2 Å². The minimum atomic E-state index is -3.87. The zero-order valence-electron chi connectivity index (χ0n) is 18.8. The van der Waals surface area contributed by atoms with Gasteiger partial charge in [-0.15, -0.1) is 0 Å².